The van der Waals surface area contributed by atoms with Crippen LogP contribution in [0.15, 0.2) is 120 Å². The molecule has 3 N–H and O–H groups in total. The van der Waals surface area contributed by atoms with Crippen molar-refractivity contribution in [3.05, 3.63) is 119 Å². The smallest absolute Gasteiger partial charge is 0.263 e. The van der Waals surface area contributed by atoms with Gasteiger partial charge >= 0.3 is 0 Å². The van der Waals surface area contributed by atoms with Crippen LogP contribution >= 0.6 is 22.7 Å². The highest BCUT2D eigenvalue weighted by Gasteiger charge is 2.22. The van der Waals surface area contributed by atoms with E-state index in [9.17, 15) is 31.2 Å². The van der Waals surface area contributed by atoms with Crippen LogP contribution in [0.2, 0.25) is 0 Å². The number of aromatic nitrogens is 3. The first-order valence-electron chi connectivity index (χ1n) is 20.0. The molecular formula is C43H44N8O9S4. The Morgan fingerprint density at radius 2 is 1.05 bits per heavy atom. The third-order valence-electron chi connectivity index (χ3n) is 9.79. The van der Waals surface area contributed by atoms with Crippen LogP contribution in [0.1, 0.15) is 16.7 Å². The second-order valence-electron chi connectivity index (χ2n) is 14.4. The third kappa shape index (κ3) is 12.5. The van der Waals surface area contributed by atoms with E-state index in [4.69, 9.17) is 9.47 Å². The van der Waals surface area contributed by atoms with Gasteiger partial charge in [-0.25, -0.2) is 26.8 Å². The molecule has 3 amide bonds. The van der Waals surface area contributed by atoms with Gasteiger partial charge in [-0.15, -0.1) is 22.7 Å². The molecule has 0 spiro atoms. The summed E-state index contributed by atoms with van der Waals surface area (Å²) in [6.45, 7) is 5.85. The highest BCUT2D eigenvalue weighted by Crippen LogP contribution is 2.28. The number of hydrogen-bond acceptors (Lipinski definition) is 14. The zero-order valence-corrected chi connectivity index (χ0v) is 37.8. The molecule has 5 heterocycles. The molecule has 334 valence electrons. The van der Waals surface area contributed by atoms with Crippen LogP contribution in [0.5, 0.6) is 0 Å². The van der Waals surface area contributed by atoms with E-state index in [1.807, 2.05) is 30.3 Å². The van der Waals surface area contributed by atoms with Crippen LogP contribution in [0, 0.1) is 0 Å². The minimum Gasteiger partial charge on any atom is -0.378 e. The molecule has 0 unspecified atom stereocenters. The van der Waals surface area contributed by atoms with Crippen molar-refractivity contribution in [1.82, 2.24) is 24.8 Å². The van der Waals surface area contributed by atoms with Crippen LogP contribution < -0.4 is 14.8 Å². The first kappa shape index (κ1) is 45.9. The normalized spacial score (nSPS) is 14.2. The van der Waals surface area contributed by atoms with Crippen molar-refractivity contribution >= 4 is 76.4 Å². The van der Waals surface area contributed by atoms with Gasteiger partial charge in [-0.2, -0.15) is 0 Å². The fraction of sp³-hybridized carbons (Fsp3) is 0.256. The number of benzene rings is 3. The number of amides is 3. The lowest BCUT2D eigenvalue weighted by Gasteiger charge is -2.26. The molecule has 2 saturated heterocycles. The Labute approximate surface area is 378 Å². The molecule has 64 heavy (non-hydrogen) atoms. The van der Waals surface area contributed by atoms with Gasteiger partial charge in [0.1, 0.15) is 0 Å². The summed E-state index contributed by atoms with van der Waals surface area (Å²) in [5, 5.41) is 3.17. The van der Waals surface area contributed by atoms with Gasteiger partial charge in [-0.1, -0.05) is 36.4 Å². The number of hydrogen-bond donors (Lipinski definition) is 3. The average Bonchev–Trinajstić information content (AvgIpc) is 3.94. The summed E-state index contributed by atoms with van der Waals surface area (Å²) >= 11 is 2.30. The minimum atomic E-state index is -3.84. The zero-order chi connectivity index (χ0) is 45.1. The van der Waals surface area contributed by atoms with Gasteiger partial charge in [0.25, 0.3) is 20.0 Å². The summed E-state index contributed by atoms with van der Waals surface area (Å²) in [5.74, 6) is -0.206. The van der Waals surface area contributed by atoms with Crippen LogP contribution in [-0.4, -0.2) is 112 Å². The monoisotopic (exact) mass is 944 g/mol. The molecule has 2 aliphatic heterocycles. The molecular weight excluding hydrogens is 901 g/mol. The molecule has 21 heteroatoms. The van der Waals surface area contributed by atoms with E-state index >= 15 is 0 Å². The van der Waals surface area contributed by atoms with Crippen LogP contribution in [0.3, 0.4) is 0 Å². The van der Waals surface area contributed by atoms with E-state index in [2.05, 4.69) is 29.7 Å². The lowest BCUT2D eigenvalue weighted by Crippen LogP contribution is -2.41. The van der Waals surface area contributed by atoms with Gasteiger partial charge in [0.05, 0.1) is 49.1 Å². The molecule has 3 aromatic heterocycles. The van der Waals surface area contributed by atoms with E-state index in [1.165, 1.54) is 31.5 Å². The number of morpholine rings is 2. The Morgan fingerprint density at radius 1 is 0.609 bits per heavy atom. The zero-order valence-electron chi connectivity index (χ0n) is 34.5. The Morgan fingerprint density at radius 3 is 1.50 bits per heavy atom. The van der Waals surface area contributed by atoms with E-state index in [0.29, 0.717) is 68.0 Å². The Balaban J connectivity index is 0.000000193. The Hall–Kier alpha value is -6.10. The SMILES string of the molecule is CC(=O)Nc1cccc(-c2ccc(S(=O)(=O)Nc3ncc(CC(=O)N4CCOCC4)s3)cc2)c1.O=C(Cc1cnc(NS(=O)(=O)c2ccc(-c3ccncc3)cc2)s1)N1CCOCC1. The molecule has 0 bridgehead atoms. The molecule has 2 aliphatic rings. The Kier molecular flexibility index (Phi) is 15.1. The lowest BCUT2D eigenvalue weighted by molar-refractivity contribution is -0.135. The summed E-state index contributed by atoms with van der Waals surface area (Å²) < 4.78 is 66.5. The van der Waals surface area contributed by atoms with Gasteiger partial charge in [0.2, 0.25) is 17.7 Å². The maximum Gasteiger partial charge on any atom is 0.263 e. The highest BCUT2D eigenvalue weighted by atomic mass is 32.2. The Bertz CT molecular complexity index is 2770. The van der Waals surface area contributed by atoms with Crippen molar-refractivity contribution in [2.45, 2.75) is 29.6 Å². The van der Waals surface area contributed by atoms with Crippen LogP contribution in [0.25, 0.3) is 22.3 Å². The number of sulfonamides is 2. The van der Waals surface area contributed by atoms with Gasteiger partial charge in [0, 0.05) is 73.3 Å². The van der Waals surface area contributed by atoms with Gasteiger partial charge < -0.3 is 24.6 Å². The fourth-order valence-electron chi connectivity index (χ4n) is 6.54. The number of carbonyl (C=O) groups excluding carboxylic acids is 3. The topological polar surface area (TPSA) is 219 Å². The maximum absolute atomic E-state index is 12.8. The van der Waals surface area contributed by atoms with E-state index in [0.717, 1.165) is 44.9 Å². The summed E-state index contributed by atoms with van der Waals surface area (Å²) in [6.07, 6.45) is 6.79. The molecule has 8 rings (SSSR count). The van der Waals surface area contributed by atoms with E-state index in [-0.39, 0.29) is 50.6 Å². The van der Waals surface area contributed by atoms with Crippen molar-refractivity contribution < 1.29 is 40.7 Å². The van der Waals surface area contributed by atoms with Crippen LogP contribution in [0.4, 0.5) is 16.0 Å². The quantitative estimate of drug-likeness (QED) is 0.133. The highest BCUT2D eigenvalue weighted by molar-refractivity contribution is 7.93. The summed E-state index contributed by atoms with van der Waals surface area (Å²) in [7, 11) is -7.62. The molecule has 3 aromatic carbocycles. The number of pyridine rings is 1. The van der Waals surface area contributed by atoms with Crippen molar-refractivity contribution in [2.24, 2.45) is 0 Å². The van der Waals surface area contributed by atoms with Gasteiger partial charge in [0.15, 0.2) is 10.3 Å². The molecule has 6 aromatic rings. The average molecular weight is 945 g/mol. The van der Waals surface area contributed by atoms with Crippen molar-refractivity contribution in [1.29, 1.82) is 0 Å². The second kappa shape index (κ2) is 21.1. The molecule has 0 radical (unpaired) electrons. The maximum atomic E-state index is 12.8. The lowest BCUT2D eigenvalue weighted by atomic mass is 10.1. The van der Waals surface area contributed by atoms with E-state index < -0.39 is 20.0 Å². The molecule has 0 saturated carbocycles. The van der Waals surface area contributed by atoms with Gasteiger partial charge in [-0.05, 0) is 70.8 Å². The molecule has 0 atom stereocenters. The standard InChI is InChI=1S/C23H24N4O5S2.C20H20N4O4S2/c1-16(28)25-19-4-2-3-18(13-19)17-5-7-21(8-6-17)34(30,31)26-23-24-15-20(33-23)14-22(29)27-9-11-32-12-10-27;25-19(24-9-11-28-12-10-24)13-17-14-22-20(29-17)23-30(26,27)18-3-1-15(2-4-18)16-5-7-21-8-6-16/h2-8,13,15H,9-12,14H2,1H3,(H,24,26)(H,25,28);1-8,14H,9-13H2,(H,22,23). The molecule has 0 aliphatic carbocycles. The number of thiazole rings is 2. The van der Waals surface area contributed by atoms with Crippen LogP contribution in [-0.2, 0) is 56.7 Å². The second-order valence-corrected chi connectivity index (χ2v) is 20.0. The number of nitrogens with one attached hydrogen (secondary N) is 3. The number of rotatable bonds is 13. The van der Waals surface area contributed by atoms with E-state index in [1.54, 1.807) is 64.7 Å². The largest absolute Gasteiger partial charge is 0.378 e. The first-order chi connectivity index (χ1) is 30.8. The fourth-order valence-corrected chi connectivity index (χ4v) is 10.6. The summed E-state index contributed by atoms with van der Waals surface area (Å²) in [5.41, 5.74) is 4.17. The summed E-state index contributed by atoms with van der Waals surface area (Å²) in [4.78, 5) is 53.3. The number of nitrogens with zero attached hydrogens (tertiary/aromatic N) is 5. The van der Waals surface area contributed by atoms with Crippen molar-refractivity contribution in [3.8, 4) is 22.3 Å². The number of anilines is 3. The van der Waals surface area contributed by atoms with Crippen molar-refractivity contribution in [2.75, 3.05) is 67.4 Å². The minimum absolute atomic E-state index is 0.0111. The van der Waals surface area contributed by atoms with Gasteiger partial charge in [-0.3, -0.25) is 28.8 Å². The molecule has 2 fully saturated rings. The predicted octanol–water partition coefficient (Wildman–Crippen LogP) is 5.38. The molecule has 17 nitrogen and oxygen atoms in total. The van der Waals surface area contributed by atoms with Crippen molar-refractivity contribution in [3.63, 3.8) is 0 Å². The number of ether oxygens (including phenoxy) is 2. The first-order valence-corrected chi connectivity index (χ1v) is 24.6. The predicted molar refractivity (Wildman–Crippen MR) is 244 cm³/mol. The third-order valence-corrected chi connectivity index (χ3v) is 14.6. The summed E-state index contributed by atoms with van der Waals surface area (Å²) in [6, 6.07) is 24.0. The number of carbonyl (C=O) groups is 3.